The van der Waals surface area contributed by atoms with E-state index in [2.05, 4.69) is 5.92 Å². The second kappa shape index (κ2) is 6.25. The monoisotopic (exact) mass is 289 g/mol. The molecule has 2 rings (SSSR count). The number of allylic oxidation sites excluding steroid dienone is 1. The SMILES string of the molecule is C#CCN(C1C=CCCC1)S(=O)(=O)c1ccc(C)cc1. The first-order valence-corrected chi connectivity index (χ1v) is 8.18. The average Bonchev–Trinajstić information content (AvgIpc) is 2.46. The van der Waals surface area contributed by atoms with Gasteiger partial charge < -0.3 is 0 Å². The molecule has 1 unspecified atom stereocenters. The fourth-order valence-corrected chi connectivity index (χ4v) is 3.88. The van der Waals surface area contributed by atoms with Crippen LogP contribution in [0, 0.1) is 19.3 Å². The number of benzene rings is 1. The zero-order valence-electron chi connectivity index (χ0n) is 11.6. The number of hydrogen-bond donors (Lipinski definition) is 0. The molecule has 0 fully saturated rings. The van der Waals surface area contributed by atoms with Crippen molar-refractivity contribution in [3.63, 3.8) is 0 Å². The number of aryl methyl sites for hydroxylation is 1. The minimum absolute atomic E-state index is 0.102. The maximum atomic E-state index is 12.7. The Kier molecular flexibility index (Phi) is 4.64. The van der Waals surface area contributed by atoms with E-state index < -0.39 is 10.0 Å². The van der Waals surface area contributed by atoms with Gasteiger partial charge in [0, 0.05) is 6.04 Å². The fourth-order valence-electron chi connectivity index (χ4n) is 2.35. The highest BCUT2D eigenvalue weighted by atomic mass is 32.2. The zero-order valence-corrected chi connectivity index (χ0v) is 12.4. The largest absolute Gasteiger partial charge is 0.244 e. The van der Waals surface area contributed by atoms with E-state index in [0.29, 0.717) is 4.90 Å². The molecule has 1 aliphatic carbocycles. The van der Waals surface area contributed by atoms with Gasteiger partial charge in [0.1, 0.15) is 0 Å². The van der Waals surface area contributed by atoms with E-state index in [1.54, 1.807) is 24.3 Å². The molecule has 0 aromatic heterocycles. The van der Waals surface area contributed by atoms with Crippen molar-refractivity contribution in [2.24, 2.45) is 0 Å². The van der Waals surface area contributed by atoms with Crippen molar-refractivity contribution in [2.75, 3.05) is 6.54 Å². The van der Waals surface area contributed by atoms with Crippen molar-refractivity contribution in [3.05, 3.63) is 42.0 Å². The van der Waals surface area contributed by atoms with Gasteiger partial charge in [0.2, 0.25) is 10.0 Å². The Morgan fingerprint density at radius 1 is 1.35 bits per heavy atom. The lowest BCUT2D eigenvalue weighted by Crippen LogP contribution is -2.40. The second-order valence-corrected chi connectivity index (χ2v) is 6.88. The van der Waals surface area contributed by atoms with E-state index in [1.165, 1.54) is 4.31 Å². The van der Waals surface area contributed by atoms with Crippen LogP contribution in [0.5, 0.6) is 0 Å². The van der Waals surface area contributed by atoms with Crippen molar-refractivity contribution in [2.45, 2.75) is 37.1 Å². The summed E-state index contributed by atoms with van der Waals surface area (Å²) in [6.07, 6.45) is 12.2. The summed E-state index contributed by atoms with van der Waals surface area (Å²) in [5, 5.41) is 0. The van der Waals surface area contributed by atoms with Crippen LogP contribution in [-0.4, -0.2) is 25.3 Å². The second-order valence-electron chi connectivity index (χ2n) is 4.99. The highest BCUT2D eigenvalue weighted by molar-refractivity contribution is 7.89. The molecule has 0 bridgehead atoms. The Balaban J connectivity index is 2.36. The van der Waals surface area contributed by atoms with Crippen LogP contribution in [0.2, 0.25) is 0 Å². The zero-order chi connectivity index (χ0) is 14.6. The summed E-state index contributed by atoms with van der Waals surface area (Å²) in [5.74, 6) is 2.47. The summed E-state index contributed by atoms with van der Waals surface area (Å²) in [6.45, 7) is 2.03. The maximum Gasteiger partial charge on any atom is 0.244 e. The molecule has 0 N–H and O–H groups in total. The van der Waals surface area contributed by atoms with Crippen LogP contribution in [0.3, 0.4) is 0 Å². The Morgan fingerprint density at radius 3 is 2.60 bits per heavy atom. The number of rotatable bonds is 4. The minimum Gasteiger partial charge on any atom is -0.207 e. The van der Waals surface area contributed by atoms with E-state index in [1.807, 2.05) is 19.1 Å². The van der Waals surface area contributed by atoms with Crippen LogP contribution < -0.4 is 0 Å². The molecule has 1 atom stereocenters. The highest BCUT2D eigenvalue weighted by Gasteiger charge is 2.29. The van der Waals surface area contributed by atoms with Gasteiger partial charge in [-0.1, -0.05) is 35.8 Å². The molecule has 3 nitrogen and oxygen atoms in total. The van der Waals surface area contributed by atoms with Gasteiger partial charge in [-0.2, -0.15) is 4.31 Å². The van der Waals surface area contributed by atoms with Crippen molar-refractivity contribution >= 4 is 10.0 Å². The minimum atomic E-state index is -3.54. The van der Waals surface area contributed by atoms with Gasteiger partial charge in [-0.25, -0.2) is 8.42 Å². The third-order valence-corrected chi connectivity index (χ3v) is 5.36. The molecule has 20 heavy (non-hydrogen) atoms. The lowest BCUT2D eigenvalue weighted by molar-refractivity contribution is 0.365. The van der Waals surface area contributed by atoms with Gasteiger partial charge in [-0.15, -0.1) is 6.42 Å². The Labute approximate surface area is 121 Å². The Morgan fingerprint density at radius 2 is 2.05 bits per heavy atom. The molecule has 106 valence electrons. The fraction of sp³-hybridized carbons (Fsp3) is 0.375. The van der Waals surface area contributed by atoms with Gasteiger partial charge in [0.25, 0.3) is 0 Å². The molecule has 0 saturated carbocycles. The van der Waals surface area contributed by atoms with Crippen LogP contribution >= 0.6 is 0 Å². The van der Waals surface area contributed by atoms with Crippen molar-refractivity contribution in [3.8, 4) is 12.3 Å². The van der Waals surface area contributed by atoms with E-state index in [0.717, 1.165) is 24.8 Å². The van der Waals surface area contributed by atoms with Gasteiger partial charge in [-0.05, 0) is 38.3 Å². The van der Waals surface area contributed by atoms with Gasteiger partial charge in [0.05, 0.1) is 11.4 Å². The number of terminal acetylenes is 1. The summed E-state index contributed by atoms with van der Waals surface area (Å²) in [6, 6.07) is 6.75. The molecule has 0 aliphatic heterocycles. The standard InChI is InChI=1S/C16H19NO2S/c1-3-13-17(15-7-5-4-6-8-15)20(18,19)16-11-9-14(2)10-12-16/h1,5,7,9-12,15H,4,6,8,13H2,2H3. The molecule has 0 radical (unpaired) electrons. The smallest absolute Gasteiger partial charge is 0.207 e. The molecule has 0 saturated heterocycles. The highest BCUT2D eigenvalue weighted by Crippen LogP contribution is 2.24. The van der Waals surface area contributed by atoms with E-state index in [-0.39, 0.29) is 12.6 Å². The predicted octanol–water partition coefficient (Wildman–Crippen LogP) is 2.73. The van der Waals surface area contributed by atoms with Crippen LogP contribution in [0.15, 0.2) is 41.3 Å². The summed E-state index contributed by atoms with van der Waals surface area (Å²) in [7, 11) is -3.54. The molecule has 4 heteroatoms. The predicted molar refractivity (Wildman–Crippen MR) is 80.7 cm³/mol. The normalized spacial score (nSPS) is 18.9. The van der Waals surface area contributed by atoms with Crippen molar-refractivity contribution < 1.29 is 8.42 Å². The van der Waals surface area contributed by atoms with Gasteiger partial charge in [-0.3, -0.25) is 0 Å². The van der Waals surface area contributed by atoms with E-state index in [4.69, 9.17) is 6.42 Å². The Bertz CT molecular complexity index is 623. The summed E-state index contributed by atoms with van der Waals surface area (Å²) < 4.78 is 26.9. The number of sulfonamides is 1. The molecular formula is C16H19NO2S. The van der Waals surface area contributed by atoms with Crippen LogP contribution in [0.25, 0.3) is 0 Å². The van der Waals surface area contributed by atoms with Gasteiger partial charge >= 0.3 is 0 Å². The van der Waals surface area contributed by atoms with Crippen LogP contribution in [-0.2, 0) is 10.0 Å². The summed E-state index contributed by atoms with van der Waals surface area (Å²) in [4.78, 5) is 0.303. The lowest BCUT2D eigenvalue weighted by atomic mass is 10.0. The molecule has 1 aromatic rings. The van der Waals surface area contributed by atoms with Crippen molar-refractivity contribution in [1.29, 1.82) is 0 Å². The average molecular weight is 289 g/mol. The molecular weight excluding hydrogens is 270 g/mol. The first-order chi connectivity index (χ1) is 9.55. The maximum absolute atomic E-state index is 12.7. The third kappa shape index (κ3) is 3.12. The van der Waals surface area contributed by atoms with E-state index >= 15 is 0 Å². The molecule has 0 spiro atoms. The quantitative estimate of drug-likeness (QED) is 0.631. The van der Waals surface area contributed by atoms with Crippen LogP contribution in [0.4, 0.5) is 0 Å². The van der Waals surface area contributed by atoms with E-state index in [9.17, 15) is 8.42 Å². The molecule has 1 aromatic carbocycles. The molecule has 0 heterocycles. The topological polar surface area (TPSA) is 37.4 Å². The van der Waals surface area contributed by atoms with Gasteiger partial charge in [0.15, 0.2) is 0 Å². The third-order valence-electron chi connectivity index (χ3n) is 3.47. The molecule has 1 aliphatic rings. The number of hydrogen-bond acceptors (Lipinski definition) is 2. The number of nitrogens with zero attached hydrogens (tertiary/aromatic N) is 1. The lowest BCUT2D eigenvalue weighted by Gasteiger charge is -2.29. The first-order valence-electron chi connectivity index (χ1n) is 6.74. The summed E-state index contributed by atoms with van der Waals surface area (Å²) >= 11 is 0. The first kappa shape index (κ1) is 14.8. The van der Waals surface area contributed by atoms with Crippen LogP contribution in [0.1, 0.15) is 24.8 Å². The molecule has 0 amide bonds. The van der Waals surface area contributed by atoms with Crippen molar-refractivity contribution in [1.82, 2.24) is 4.31 Å². The summed E-state index contributed by atoms with van der Waals surface area (Å²) in [5.41, 5.74) is 1.03. The Hall–Kier alpha value is -1.57.